The number of hydrogen-bond acceptors (Lipinski definition) is 2. The van der Waals surface area contributed by atoms with Crippen molar-refractivity contribution in [1.82, 2.24) is 5.32 Å². The molecule has 0 aliphatic carbocycles. The Morgan fingerprint density at radius 3 is 2.68 bits per heavy atom. The maximum Gasteiger partial charge on any atom is 0.0415 e. The smallest absolute Gasteiger partial charge is 0.0415 e. The van der Waals surface area contributed by atoms with Crippen molar-refractivity contribution < 1.29 is 0 Å². The van der Waals surface area contributed by atoms with Crippen LogP contribution in [0.5, 0.6) is 0 Å². The minimum absolute atomic E-state index is 0.237. The van der Waals surface area contributed by atoms with Crippen LogP contribution in [0, 0.1) is 0 Å². The van der Waals surface area contributed by atoms with Crippen LogP contribution < -0.4 is 10.2 Å². The van der Waals surface area contributed by atoms with E-state index >= 15 is 0 Å². The third-order valence-electron chi connectivity index (χ3n) is 4.39. The molecule has 0 radical (unpaired) electrons. The zero-order valence-corrected chi connectivity index (χ0v) is 12.4. The van der Waals surface area contributed by atoms with E-state index in [9.17, 15) is 0 Å². The van der Waals surface area contributed by atoms with E-state index in [1.165, 1.54) is 24.1 Å². The van der Waals surface area contributed by atoms with Gasteiger partial charge in [-0.15, -0.1) is 0 Å². The highest BCUT2D eigenvalue weighted by Crippen LogP contribution is 2.29. The first-order chi connectivity index (χ1) is 9.24. The summed E-state index contributed by atoms with van der Waals surface area (Å²) in [5.41, 5.74) is 3.04. The molecule has 1 aliphatic heterocycles. The maximum atomic E-state index is 3.79. The predicted octanol–water partition coefficient (Wildman–Crippen LogP) is 3.73. The molecule has 2 nitrogen and oxygen atoms in total. The average Bonchev–Trinajstić information content (AvgIpc) is 2.63. The molecule has 0 bridgehead atoms. The second-order valence-corrected chi connectivity index (χ2v) is 5.42. The number of nitrogens with one attached hydrogen (secondary N) is 1. The van der Waals surface area contributed by atoms with E-state index < -0.39 is 0 Å². The SMILES string of the molecule is C/C=C/CN1CC(CC)(CC)NCc2ccccc21. The number of hydrogen-bond donors (Lipinski definition) is 1. The van der Waals surface area contributed by atoms with Gasteiger partial charge in [0.25, 0.3) is 0 Å². The molecule has 0 aromatic heterocycles. The molecule has 0 fully saturated rings. The van der Waals surface area contributed by atoms with Gasteiger partial charge in [-0.3, -0.25) is 0 Å². The lowest BCUT2D eigenvalue weighted by Gasteiger charge is -2.36. The summed E-state index contributed by atoms with van der Waals surface area (Å²) in [4.78, 5) is 2.52. The summed E-state index contributed by atoms with van der Waals surface area (Å²) in [6.07, 6.45) is 6.73. The second-order valence-electron chi connectivity index (χ2n) is 5.42. The summed E-state index contributed by atoms with van der Waals surface area (Å²) in [7, 11) is 0. The summed E-state index contributed by atoms with van der Waals surface area (Å²) < 4.78 is 0. The Kier molecular flexibility index (Phi) is 4.65. The Labute approximate surface area is 117 Å². The molecule has 19 heavy (non-hydrogen) atoms. The molecule has 2 heteroatoms. The molecule has 0 saturated heterocycles. The second kappa shape index (κ2) is 6.25. The zero-order chi connectivity index (χ0) is 13.7. The van der Waals surface area contributed by atoms with Gasteiger partial charge in [-0.05, 0) is 31.4 Å². The van der Waals surface area contributed by atoms with Gasteiger partial charge >= 0.3 is 0 Å². The highest BCUT2D eigenvalue weighted by molar-refractivity contribution is 5.55. The van der Waals surface area contributed by atoms with Crippen LogP contribution in [0.25, 0.3) is 0 Å². The molecular formula is C17H26N2. The number of para-hydroxylation sites is 1. The minimum atomic E-state index is 0.237. The highest BCUT2D eigenvalue weighted by atomic mass is 15.2. The Bertz CT molecular complexity index is 433. The molecule has 0 unspecified atom stereocenters. The van der Waals surface area contributed by atoms with E-state index in [1.807, 2.05) is 0 Å². The monoisotopic (exact) mass is 258 g/mol. The molecule has 1 aromatic carbocycles. The van der Waals surface area contributed by atoms with Crippen LogP contribution in [0.15, 0.2) is 36.4 Å². The molecule has 0 saturated carbocycles. The Morgan fingerprint density at radius 2 is 2.00 bits per heavy atom. The van der Waals surface area contributed by atoms with E-state index in [4.69, 9.17) is 0 Å². The van der Waals surface area contributed by atoms with Crippen LogP contribution in [0.2, 0.25) is 0 Å². The van der Waals surface area contributed by atoms with Gasteiger partial charge in [-0.25, -0.2) is 0 Å². The summed E-state index contributed by atoms with van der Waals surface area (Å²) >= 11 is 0. The quantitative estimate of drug-likeness (QED) is 0.828. The molecule has 1 N–H and O–H groups in total. The standard InChI is InChI=1S/C17H26N2/c1-4-7-12-19-14-17(5-2,6-3)18-13-15-10-8-9-11-16(15)19/h4,7-11,18H,5-6,12-14H2,1-3H3/b7-4+. The lowest BCUT2D eigenvalue weighted by Crippen LogP contribution is -2.51. The number of fused-ring (bicyclic) bond motifs is 1. The van der Waals surface area contributed by atoms with E-state index in [0.29, 0.717) is 0 Å². The molecular weight excluding hydrogens is 232 g/mol. The van der Waals surface area contributed by atoms with Crippen LogP contribution in [0.3, 0.4) is 0 Å². The lowest BCUT2D eigenvalue weighted by molar-refractivity contribution is 0.309. The molecule has 1 aromatic rings. The molecule has 1 aliphatic rings. The summed E-state index contributed by atoms with van der Waals surface area (Å²) in [6, 6.07) is 8.78. The van der Waals surface area contributed by atoms with Crippen LogP contribution in [-0.4, -0.2) is 18.6 Å². The number of rotatable bonds is 4. The van der Waals surface area contributed by atoms with Crippen molar-refractivity contribution in [3.63, 3.8) is 0 Å². The first-order valence-electron chi connectivity index (χ1n) is 7.43. The fourth-order valence-electron chi connectivity index (χ4n) is 2.88. The van der Waals surface area contributed by atoms with Crippen LogP contribution in [-0.2, 0) is 6.54 Å². The van der Waals surface area contributed by atoms with Gasteiger partial charge in [-0.2, -0.15) is 0 Å². The zero-order valence-electron chi connectivity index (χ0n) is 12.4. The van der Waals surface area contributed by atoms with Gasteiger partial charge in [0.05, 0.1) is 0 Å². The lowest BCUT2D eigenvalue weighted by atomic mass is 9.92. The maximum absolute atomic E-state index is 3.79. The van der Waals surface area contributed by atoms with Crippen molar-refractivity contribution in [1.29, 1.82) is 0 Å². The van der Waals surface area contributed by atoms with Gasteiger partial charge in [0, 0.05) is 30.9 Å². The van der Waals surface area contributed by atoms with E-state index in [1.54, 1.807) is 0 Å². The Morgan fingerprint density at radius 1 is 1.26 bits per heavy atom. The van der Waals surface area contributed by atoms with Gasteiger partial charge in [0.2, 0.25) is 0 Å². The topological polar surface area (TPSA) is 15.3 Å². The summed E-state index contributed by atoms with van der Waals surface area (Å²) in [5.74, 6) is 0. The summed E-state index contributed by atoms with van der Waals surface area (Å²) in [5, 5.41) is 3.79. The van der Waals surface area contributed by atoms with Crippen molar-refractivity contribution >= 4 is 5.69 Å². The summed E-state index contributed by atoms with van der Waals surface area (Å²) in [6.45, 7) is 9.73. The first-order valence-corrected chi connectivity index (χ1v) is 7.43. The third-order valence-corrected chi connectivity index (χ3v) is 4.39. The van der Waals surface area contributed by atoms with Crippen molar-refractivity contribution in [3.8, 4) is 0 Å². The van der Waals surface area contributed by atoms with E-state index in [2.05, 4.69) is 67.4 Å². The highest BCUT2D eigenvalue weighted by Gasteiger charge is 2.31. The third kappa shape index (κ3) is 3.01. The number of allylic oxidation sites excluding steroid dienone is 1. The minimum Gasteiger partial charge on any atom is -0.366 e. The average molecular weight is 258 g/mol. The number of nitrogens with zero attached hydrogens (tertiary/aromatic N) is 1. The van der Waals surface area contributed by atoms with Crippen molar-refractivity contribution in [3.05, 3.63) is 42.0 Å². The van der Waals surface area contributed by atoms with Gasteiger partial charge in [0.15, 0.2) is 0 Å². The van der Waals surface area contributed by atoms with Gasteiger partial charge < -0.3 is 10.2 Å². The molecule has 0 atom stereocenters. The fraction of sp³-hybridized carbons (Fsp3) is 0.529. The van der Waals surface area contributed by atoms with Crippen LogP contribution in [0.1, 0.15) is 39.2 Å². The van der Waals surface area contributed by atoms with Gasteiger partial charge in [0.1, 0.15) is 0 Å². The number of anilines is 1. The number of benzene rings is 1. The van der Waals surface area contributed by atoms with Crippen LogP contribution in [0.4, 0.5) is 5.69 Å². The Balaban J connectivity index is 2.34. The van der Waals surface area contributed by atoms with Crippen LogP contribution >= 0.6 is 0 Å². The Hall–Kier alpha value is -1.28. The fourth-order valence-corrected chi connectivity index (χ4v) is 2.88. The van der Waals surface area contributed by atoms with E-state index in [-0.39, 0.29) is 5.54 Å². The van der Waals surface area contributed by atoms with Crippen molar-refractivity contribution in [2.45, 2.75) is 45.7 Å². The molecule has 104 valence electrons. The molecule has 2 rings (SSSR count). The first kappa shape index (κ1) is 14.1. The predicted molar refractivity (Wildman–Crippen MR) is 83.6 cm³/mol. The molecule has 0 amide bonds. The molecule has 0 spiro atoms. The molecule has 1 heterocycles. The van der Waals surface area contributed by atoms with Gasteiger partial charge in [-0.1, -0.05) is 44.2 Å². The normalized spacial score (nSPS) is 18.4. The largest absolute Gasteiger partial charge is 0.366 e. The van der Waals surface area contributed by atoms with E-state index in [0.717, 1.165) is 19.6 Å². The van der Waals surface area contributed by atoms with Crippen molar-refractivity contribution in [2.75, 3.05) is 18.0 Å². The van der Waals surface area contributed by atoms with Crippen molar-refractivity contribution in [2.24, 2.45) is 0 Å².